The van der Waals surface area contributed by atoms with E-state index >= 15 is 0 Å². The third kappa shape index (κ3) is 7.50. The van der Waals surface area contributed by atoms with Crippen molar-refractivity contribution in [1.82, 2.24) is 10.4 Å². The molecule has 0 bridgehead atoms. The van der Waals surface area contributed by atoms with Crippen LogP contribution in [0.2, 0.25) is 0 Å². The van der Waals surface area contributed by atoms with Crippen LogP contribution in [0.5, 0.6) is 0 Å². The average Bonchev–Trinajstić information content (AvgIpc) is 1.99. The molecule has 1 aliphatic heterocycles. The maximum atomic E-state index is 11.1. The quantitative estimate of drug-likeness (QED) is 0.356. The second-order valence-electron chi connectivity index (χ2n) is 2.80. The fourth-order valence-electron chi connectivity index (χ4n) is 1.02. The average molecular weight is 286 g/mol. The third-order valence-corrected chi connectivity index (χ3v) is 3.62. The van der Waals surface area contributed by atoms with Gasteiger partial charge in [-0.2, -0.15) is 14.0 Å². The van der Waals surface area contributed by atoms with Crippen molar-refractivity contribution in [2.75, 3.05) is 26.2 Å². The number of nitrogens with zero attached hydrogens (tertiary/aromatic N) is 1. The van der Waals surface area contributed by atoms with E-state index in [9.17, 15) is 9.13 Å². The van der Waals surface area contributed by atoms with Crippen LogP contribution in [0.4, 0.5) is 0 Å². The molecule has 4 N–H and O–H groups in total. The Bertz CT molecular complexity index is 303. The van der Waals surface area contributed by atoms with Gasteiger partial charge in [0.1, 0.15) is 0 Å². The molecule has 92 valence electrons. The zero-order chi connectivity index (χ0) is 11.5. The summed E-state index contributed by atoms with van der Waals surface area (Å²) < 4.78 is 29.4. The second-order valence-corrected chi connectivity index (χ2v) is 5.54. The van der Waals surface area contributed by atoms with E-state index in [1.54, 1.807) is 0 Å². The fraction of sp³-hybridized carbons (Fsp3) is 1.00. The number of piperazine rings is 1. The predicted octanol–water partition coefficient (Wildman–Crippen LogP) is -1.62. The molecule has 1 rings (SSSR count). The Labute approximate surface area is 114 Å². The van der Waals surface area contributed by atoms with Gasteiger partial charge in [-0.3, -0.25) is 0 Å². The normalized spacial score (nSPS) is 22.2. The van der Waals surface area contributed by atoms with Crippen molar-refractivity contribution >= 4 is 45.2 Å². The molecule has 1 heterocycles. The molecule has 0 saturated carbocycles. The summed E-state index contributed by atoms with van der Waals surface area (Å²) in [5.74, 6) is 0. The van der Waals surface area contributed by atoms with E-state index in [4.69, 9.17) is 14.7 Å². The molecule has 16 heavy (non-hydrogen) atoms. The Morgan fingerprint density at radius 2 is 1.62 bits per heavy atom. The molecule has 0 aromatic heterocycles. The van der Waals surface area contributed by atoms with Gasteiger partial charge in [0, 0.05) is 26.2 Å². The summed E-state index contributed by atoms with van der Waals surface area (Å²) in [5, 5.41) is 4.08. The van der Waals surface area contributed by atoms with Crippen molar-refractivity contribution in [2.45, 2.75) is 0 Å². The van der Waals surface area contributed by atoms with Crippen LogP contribution in [-0.2, 0) is 18.1 Å². The van der Waals surface area contributed by atoms with E-state index in [1.807, 2.05) is 0 Å². The van der Waals surface area contributed by atoms with Crippen molar-refractivity contribution in [3.05, 3.63) is 0 Å². The molecule has 0 aliphatic carbocycles. The van der Waals surface area contributed by atoms with Gasteiger partial charge < -0.3 is 20.0 Å². The summed E-state index contributed by atoms with van der Waals surface area (Å²) in [5.41, 5.74) is 0. The van der Waals surface area contributed by atoms with Crippen molar-refractivity contribution in [2.24, 2.45) is 0 Å². The predicted molar refractivity (Wildman–Crippen MR) is 55.6 cm³/mol. The Balaban J connectivity index is 0.00000225. The molecule has 1 saturated heterocycles. The summed E-state index contributed by atoms with van der Waals surface area (Å²) in [6.45, 7) is 1.76. The number of hydroxylamine groups is 2. The van der Waals surface area contributed by atoms with E-state index in [0.717, 1.165) is 5.06 Å². The van der Waals surface area contributed by atoms with Gasteiger partial charge in [-0.1, -0.05) is 0 Å². The van der Waals surface area contributed by atoms with Crippen LogP contribution in [-0.4, -0.2) is 75.5 Å². The summed E-state index contributed by atoms with van der Waals surface area (Å²) in [7, 11) is -9.78. The molecular formula is C4H13N2NaO7P2. The summed E-state index contributed by atoms with van der Waals surface area (Å²) in [6.07, 6.45) is 0. The van der Waals surface area contributed by atoms with Gasteiger partial charge in [-0.25, -0.2) is 9.13 Å². The topological polar surface area (TPSA) is 129 Å². The van der Waals surface area contributed by atoms with E-state index in [1.165, 1.54) is 0 Å². The Morgan fingerprint density at radius 1 is 1.12 bits per heavy atom. The number of hydrogen-bond donors (Lipinski definition) is 4. The summed E-state index contributed by atoms with van der Waals surface area (Å²) in [6, 6.07) is 0. The van der Waals surface area contributed by atoms with E-state index in [2.05, 4.69) is 14.3 Å². The number of rotatable bonds is 4. The zero-order valence-electron chi connectivity index (χ0n) is 7.64. The van der Waals surface area contributed by atoms with Gasteiger partial charge in [-0.05, 0) is 0 Å². The molecule has 0 amide bonds. The molecule has 0 spiro atoms. The SMILES string of the molecule is O=P(O)(O)OP(=O)(O)ON1CCNCC1.[NaH]. The maximum absolute atomic E-state index is 11.1. The molecular weight excluding hydrogens is 273 g/mol. The van der Waals surface area contributed by atoms with Crippen LogP contribution in [0.3, 0.4) is 0 Å². The van der Waals surface area contributed by atoms with E-state index in [-0.39, 0.29) is 29.6 Å². The molecule has 0 aromatic rings. The Hall–Kier alpha value is 1.18. The Kier molecular flexibility index (Phi) is 7.45. The van der Waals surface area contributed by atoms with Crippen LogP contribution in [0, 0.1) is 0 Å². The van der Waals surface area contributed by atoms with Crippen LogP contribution in [0.15, 0.2) is 0 Å². The molecule has 12 heteroatoms. The van der Waals surface area contributed by atoms with Crippen molar-refractivity contribution < 1.29 is 32.7 Å². The zero-order valence-corrected chi connectivity index (χ0v) is 9.43. The van der Waals surface area contributed by atoms with Gasteiger partial charge in [0.2, 0.25) is 0 Å². The van der Waals surface area contributed by atoms with E-state index < -0.39 is 15.6 Å². The van der Waals surface area contributed by atoms with Gasteiger partial charge in [0.05, 0.1) is 0 Å². The monoisotopic (exact) mass is 286 g/mol. The third-order valence-electron chi connectivity index (χ3n) is 1.50. The van der Waals surface area contributed by atoms with Crippen molar-refractivity contribution in [3.8, 4) is 0 Å². The first kappa shape index (κ1) is 17.2. The van der Waals surface area contributed by atoms with Crippen molar-refractivity contribution in [1.29, 1.82) is 0 Å². The van der Waals surface area contributed by atoms with Gasteiger partial charge in [-0.15, -0.1) is 0 Å². The minimum atomic E-state index is -5.04. The fourth-order valence-corrected chi connectivity index (χ4v) is 2.67. The molecule has 1 atom stereocenters. The number of nitrogens with one attached hydrogen (secondary N) is 1. The molecule has 1 unspecified atom stereocenters. The molecule has 9 nitrogen and oxygen atoms in total. The van der Waals surface area contributed by atoms with Gasteiger partial charge in [0.25, 0.3) is 0 Å². The molecule has 1 aliphatic rings. The molecule has 0 radical (unpaired) electrons. The van der Waals surface area contributed by atoms with Crippen LogP contribution < -0.4 is 5.32 Å². The standard InChI is InChI=1S/C4H12N2O7P2.Na.H/c7-14(8,9)13-15(10,11)12-6-3-1-5-2-4-6;;/h5H,1-4H2,(H,10,11)(H2,7,8,9);;. The first-order valence-electron chi connectivity index (χ1n) is 4.04. The first-order valence-corrected chi connectivity index (χ1v) is 7.06. The van der Waals surface area contributed by atoms with Gasteiger partial charge in [0.15, 0.2) is 0 Å². The number of phosphoric acid groups is 2. The van der Waals surface area contributed by atoms with Crippen LogP contribution in [0.25, 0.3) is 0 Å². The van der Waals surface area contributed by atoms with Crippen LogP contribution in [0.1, 0.15) is 0 Å². The summed E-state index contributed by atoms with van der Waals surface area (Å²) >= 11 is 0. The minimum absolute atomic E-state index is 0. The first-order chi connectivity index (χ1) is 6.79. The Morgan fingerprint density at radius 3 is 2.06 bits per heavy atom. The van der Waals surface area contributed by atoms with Gasteiger partial charge >= 0.3 is 45.2 Å². The number of hydrogen-bond acceptors (Lipinski definition) is 6. The van der Waals surface area contributed by atoms with E-state index in [0.29, 0.717) is 26.2 Å². The molecule has 1 fully saturated rings. The van der Waals surface area contributed by atoms with Crippen molar-refractivity contribution in [3.63, 3.8) is 0 Å². The molecule has 0 aromatic carbocycles. The summed E-state index contributed by atoms with van der Waals surface area (Å²) in [4.78, 5) is 25.6. The second kappa shape index (κ2) is 6.94. The van der Waals surface area contributed by atoms with Crippen LogP contribution >= 0.6 is 15.6 Å².